The molecule has 0 bridgehead atoms. The molecule has 2 amide bonds. The minimum atomic E-state index is -0.118. The average Bonchev–Trinajstić information content (AvgIpc) is 3.91. The largest absolute Gasteiger partial charge is 0.310 e. The lowest BCUT2D eigenvalue weighted by molar-refractivity contribution is -0.118. The van der Waals surface area contributed by atoms with Gasteiger partial charge in [0.25, 0.3) is 0 Å². The lowest BCUT2D eigenvalue weighted by Gasteiger charge is -2.23. The highest BCUT2D eigenvalue weighted by atomic mass is 35.5. The Morgan fingerprint density at radius 3 is 1.62 bits per heavy atom. The molecule has 2 heterocycles. The second-order valence-electron chi connectivity index (χ2n) is 11.0. The van der Waals surface area contributed by atoms with E-state index >= 15 is 0 Å². The molecule has 0 saturated heterocycles. The smallest absolute Gasteiger partial charge is 0.249 e. The van der Waals surface area contributed by atoms with Crippen molar-refractivity contribution in [2.75, 3.05) is 36.0 Å². The van der Waals surface area contributed by atoms with Crippen LogP contribution < -0.4 is 9.80 Å². The van der Waals surface area contributed by atoms with E-state index in [4.69, 9.17) is 29.6 Å². The number of terminal acetylenes is 1. The van der Waals surface area contributed by atoms with Crippen molar-refractivity contribution in [2.45, 2.75) is 12.8 Å². The summed E-state index contributed by atoms with van der Waals surface area (Å²) in [7, 11) is 0. The first-order valence-electron chi connectivity index (χ1n) is 14.8. The van der Waals surface area contributed by atoms with Gasteiger partial charge in [-0.15, -0.1) is 6.42 Å². The Bertz CT molecular complexity index is 1840. The van der Waals surface area contributed by atoms with E-state index in [1.807, 2.05) is 95.9 Å². The minimum Gasteiger partial charge on any atom is -0.310 e. The molecule has 6 nitrogen and oxygen atoms in total. The Kier molecular flexibility index (Phi) is 9.11. The van der Waals surface area contributed by atoms with E-state index in [1.165, 1.54) is 12.8 Å². The number of benzodiazepines with no additional fused rings is 2. The molecule has 1 aliphatic carbocycles. The first kappa shape index (κ1) is 30.3. The average molecular weight is 634 g/mol. The Hall–Kier alpha value is -4.70. The number of hydrogen-bond donors (Lipinski definition) is 0. The van der Waals surface area contributed by atoms with Gasteiger partial charge in [-0.1, -0.05) is 89.8 Å². The first-order chi connectivity index (χ1) is 21.9. The fourth-order valence-electron chi connectivity index (χ4n) is 5.48. The van der Waals surface area contributed by atoms with Crippen LogP contribution in [0.1, 0.15) is 35.1 Å². The summed E-state index contributed by atoms with van der Waals surface area (Å²) in [5.41, 5.74) is 6.98. The number of benzene rings is 4. The van der Waals surface area contributed by atoms with Gasteiger partial charge in [-0.05, 0) is 55.2 Å². The number of aliphatic imine (C=N–C) groups is 2. The maximum atomic E-state index is 12.6. The summed E-state index contributed by atoms with van der Waals surface area (Å²) in [6, 6.07) is 30.8. The highest BCUT2D eigenvalue weighted by Gasteiger charge is 2.31. The second-order valence-corrected chi connectivity index (χ2v) is 11.9. The zero-order chi connectivity index (χ0) is 31.3. The monoisotopic (exact) mass is 632 g/mol. The van der Waals surface area contributed by atoms with Gasteiger partial charge in [-0.2, -0.15) is 0 Å². The molecule has 8 heteroatoms. The maximum Gasteiger partial charge on any atom is 0.249 e. The second kappa shape index (κ2) is 13.5. The zero-order valence-electron chi connectivity index (χ0n) is 24.5. The van der Waals surface area contributed by atoms with Crippen LogP contribution in [0.15, 0.2) is 107 Å². The zero-order valence-corrected chi connectivity index (χ0v) is 26.0. The van der Waals surface area contributed by atoms with Crippen LogP contribution in [-0.2, 0) is 9.59 Å². The van der Waals surface area contributed by atoms with E-state index in [0.29, 0.717) is 16.0 Å². The van der Waals surface area contributed by atoms with Gasteiger partial charge < -0.3 is 4.90 Å². The van der Waals surface area contributed by atoms with E-state index in [0.717, 1.165) is 51.6 Å². The van der Waals surface area contributed by atoms with Gasteiger partial charge in [-0.3, -0.25) is 24.5 Å². The molecule has 3 aliphatic rings. The third-order valence-corrected chi connectivity index (χ3v) is 8.31. The van der Waals surface area contributed by atoms with Crippen molar-refractivity contribution in [1.29, 1.82) is 0 Å². The normalized spacial score (nSPS) is 15.8. The lowest BCUT2D eigenvalue weighted by Crippen LogP contribution is -2.34. The fourth-order valence-corrected chi connectivity index (χ4v) is 5.82. The molecule has 0 aromatic heterocycles. The number of fused-ring (bicyclic) bond motifs is 2. The van der Waals surface area contributed by atoms with Crippen molar-refractivity contribution < 1.29 is 9.59 Å². The molecule has 2 aliphatic heterocycles. The molecule has 0 radical (unpaired) electrons. The van der Waals surface area contributed by atoms with Gasteiger partial charge in [0.2, 0.25) is 11.8 Å². The van der Waals surface area contributed by atoms with Crippen LogP contribution in [0.4, 0.5) is 11.4 Å². The lowest BCUT2D eigenvalue weighted by atomic mass is 10.00. The summed E-state index contributed by atoms with van der Waals surface area (Å²) in [4.78, 5) is 37.5. The van der Waals surface area contributed by atoms with Gasteiger partial charge in [0.1, 0.15) is 13.1 Å². The van der Waals surface area contributed by atoms with E-state index in [2.05, 4.69) is 15.9 Å². The fraction of sp³-hybridized carbons (Fsp3) is 0.189. The van der Waals surface area contributed by atoms with Crippen LogP contribution in [0.2, 0.25) is 10.0 Å². The topological polar surface area (TPSA) is 65.3 Å². The van der Waals surface area contributed by atoms with Crippen molar-refractivity contribution in [2.24, 2.45) is 15.9 Å². The Labute approximate surface area is 273 Å². The summed E-state index contributed by atoms with van der Waals surface area (Å²) >= 11 is 12.4. The molecule has 0 spiro atoms. The van der Waals surface area contributed by atoms with Crippen molar-refractivity contribution >= 4 is 57.8 Å². The number of carbonyl (C=O) groups excluding carboxylic acids is 2. The number of rotatable bonds is 5. The van der Waals surface area contributed by atoms with Crippen molar-refractivity contribution in [3.8, 4) is 12.3 Å². The van der Waals surface area contributed by atoms with Crippen LogP contribution >= 0.6 is 23.2 Å². The number of hydrogen-bond acceptors (Lipinski definition) is 4. The molecule has 4 aromatic rings. The summed E-state index contributed by atoms with van der Waals surface area (Å²) in [5.74, 6) is 3.10. The predicted molar refractivity (Wildman–Crippen MR) is 183 cm³/mol. The number of carbonyl (C=O) groups is 2. The molecule has 0 unspecified atom stereocenters. The molecular formula is C37H30Cl2N4O2. The quantitative estimate of drug-likeness (QED) is 0.220. The first-order valence-corrected chi connectivity index (χ1v) is 15.5. The Morgan fingerprint density at radius 2 is 1.16 bits per heavy atom. The molecule has 1 saturated carbocycles. The molecule has 4 aromatic carbocycles. The van der Waals surface area contributed by atoms with Crippen molar-refractivity contribution in [3.63, 3.8) is 0 Å². The third kappa shape index (κ3) is 6.86. The van der Waals surface area contributed by atoms with Gasteiger partial charge in [-0.25, -0.2) is 0 Å². The Morgan fingerprint density at radius 1 is 0.689 bits per heavy atom. The molecule has 7 rings (SSSR count). The highest BCUT2D eigenvalue weighted by Crippen LogP contribution is 2.35. The Balaban J connectivity index is 0.000000159. The van der Waals surface area contributed by atoms with Crippen LogP contribution in [0.3, 0.4) is 0 Å². The van der Waals surface area contributed by atoms with Crippen molar-refractivity contribution in [3.05, 3.63) is 129 Å². The van der Waals surface area contributed by atoms with E-state index < -0.39 is 0 Å². The van der Waals surface area contributed by atoms with Crippen molar-refractivity contribution in [1.82, 2.24) is 0 Å². The SMILES string of the molecule is C#CCN1C(=O)CN=C(c2ccccc2)c2cc(Cl)ccc21.O=C1CN=C(c2ccccc2)c2cc(Cl)ccc2N1CC1CC1. The molecule has 0 N–H and O–H groups in total. The molecule has 0 atom stereocenters. The van der Waals surface area contributed by atoms with Gasteiger partial charge in [0, 0.05) is 38.8 Å². The van der Waals surface area contributed by atoms with Crippen LogP contribution in [0.25, 0.3) is 0 Å². The van der Waals surface area contributed by atoms with Crippen LogP contribution in [0.5, 0.6) is 0 Å². The van der Waals surface area contributed by atoms with Gasteiger partial charge in [0.15, 0.2) is 0 Å². The summed E-state index contributed by atoms with van der Waals surface area (Å²) < 4.78 is 0. The molecule has 224 valence electrons. The highest BCUT2D eigenvalue weighted by molar-refractivity contribution is 6.32. The number of amides is 2. The summed E-state index contributed by atoms with van der Waals surface area (Å²) in [6.07, 6.45) is 7.81. The summed E-state index contributed by atoms with van der Waals surface area (Å²) in [5, 5.41) is 1.26. The van der Waals surface area contributed by atoms with E-state index in [1.54, 1.807) is 11.0 Å². The number of nitrogens with zero attached hydrogens (tertiary/aromatic N) is 4. The maximum absolute atomic E-state index is 12.6. The standard InChI is InChI=1S/C19H17ClN2O.C18H13ClN2O/c20-15-8-9-17-16(10-15)19(14-4-2-1-3-5-14)21-11-18(23)22(17)12-13-6-7-13;1-2-10-21-16-9-8-14(19)11-15(16)18(20-12-17(21)22)13-6-4-3-5-7-13/h1-5,8-10,13H,6-7,11-12H2;1,3-9,11H,10,12H2. The number of halogens is 2. The minimum absolute atomic E-state index is 0.0615. The van der Waals surface area contributed by atoms with E-state index in [-0.39, 0.29) is 31.4 Å². The van der Waals surface area contributed by atoms with E-state index in [9.17, 15) is 9.59 Å². The number of anilines is 2. The molecule has 45 heavy (non-hydrogen) atoms. The molecule has 1 fully saturated rings. The predicted octanol–water partition coefficient (Wildman–Crippen LogP) is 7.09. The van der Waals surface area contributed by atoms with Crippen LogP contribution in [-0.4, -0.2) is 49.4 Å². The molecular weight excluding hydrogens is 603 g/mol. The van der Waals surface area contributed by atoms with Gasteiger partial charge >= 0.3 is 0 Å². The van der Waals surface area contributed by atoms with Gasteiger partial charge in [0.05, 0.1) is 29.3 Å². The third-order valence-electron chi connectivity index (χ3n) is 7.84. The summed E-state index contributed by atoms with van der Waals surface area (Å²) in [6.45, 7) is 1.25. The van der Waals surface area contributed by atoms with Crippen LogP contribution in [0, 0.1) is 18.3 Å².